The number of anilines is 1. The van der Waals surface area contributed by atoms with E-state index in [4.69, 9.17) is 0 Å². The number of non-ortho nitro benzene ring substituents is 1. The van der Waals surface area contributed by atoms with Gasteiger partial charge in [-0.3, -0.25) is 19.7 Å². The number of nitro benzene ring substituents is 1. The van der Waals surface area contributed by atoms with Crippen LogP contribution in [0.3, 0.4) is 0 Å². The minimum absolute atomic E-state index is 0.123. The first-order chi connectivity index (χ1) is 11.4. The topological polar surface area (TPSA) is 101 Å². The van der Waals surface area contributed by atoms with Crippen molar-refractivity contribution in [2.24, 2.45) is 0 Å². The number of benzene rings is 2. The third kappa shape index (κ3) is 4.75. The van der Waals surface area contributed by atoms with Crippen LogP contribution in [0.15, 0.2) is 48.5 Å². The molecule has 124 valence electrons. The van der Waals surface area contributed by atoms with E-state index in [1.54, 1.807) is 12.1 Å². The molecule has 2 aromatic rings. The third-order valence-corrected chi connectivity index (χ3v) is 3.89. The number of rotatable bonds is 5. The monoisotopic (exact) mass is 439 g/mol. The van der Waals surface area contributed by atoms with Gasteiger partial charge in [0.25, 0.3) is 11.6 Å². The van der Waals surface area contributed by atoms with Gasteiger partial charge in [0.15, 0.2) is 0 Å². The SMILES string of the molecule is CC(NC(=O)c1cccc([N+](=O)[O-])c1)C(=O)Nc1ccc(I)cc1. The van der Waals surface area contributed by atoms with E-state index in [0.717, 1.165) is 3.57 Å². The van der Waals surface area contributed by atoms with Gasteiger partial charge >= 0.3 is 0 Å². The number of hydrogen-bond donors (Lipinski definition) is 2. The molecule has 0 radical (unpaired) electrons. The molecule has 2 aromatic carbocycles. The first kappa shape index (κ1) is 17.9. The van der Waals surface area contributed by atoms with Gasteiger partial charge in [-0.1, -0.05) is 6.07 Å². The predicted octanol–water partition coefficient (Wildman–Crippen LogP) is 2.96. The van der Waals surface area contributed by atoms with E-state index in [0.29, 0.717) is 5.69 Å². The Morgan fingerprint density at radius 3 is 2.46 bits per heavy atom. The van der Waals surface area contributed by atoms with Crippen LogP contribution in [0.25, 0.3) is 0 Å². The van der Waals surface area contributed by atoms with Crippen molar-refractivity contribution >= 4 is 45.8 Å². The molecule has 0 saturated carbocycles. The fourth-order valence-corrected chi connectivity index (χ4v) is 2.25. The highest BCUT2D eigenvalue weighted by Crippen LogP contribution is 2.14. The lowest BCUT2D eigenvalue weighted by Crippen LogP contribution is -2.41. The van der Waals surface area contributed by atoms with Gasteiger partial charge in [-0.25, -0.2) is 0 Å². The molecule has 0 aliphatic rings. The summed E-state index contributed by atoms with van der Waals surface area (Å²) in [6, 6.07) is 11.8. The quantitative estimate of drug-likeness (QED) is 0.425. The minimum Gasteiger partial charge on any atom is -0.341 e. The van der Waals surface area contributed by atoms with Crippen molar-refractivity contribution in [2.75, 3.05) is 5.32 Å². The molecular formula is C16H14IN3O4. The largest absolute Gasteiger partial charge is 0.341 e. The lowest BCUT2D eigenvalue weighted by molar-refractivity contribution is -0.384. The molecule has 0 saturated heterocycles. The van der Waals surface area contributed by atoms with E-state index < -0.39 is 16.9 Å². The molecule has 1 unspecified atom stereocenters. The molecule has 0 spiro atoms. The number of carbonyl (C=O) groups excluding carboxylic acids is 2. The van der Waals surface area contributed by atoms with Crippen molar-refractivity contribution in [1.82, 2.24) is 5.32 Å². The molecule has 0 aliphatic heterocycles. The normalized spacial score (nSPS) is 11.4. The van der Waals surface area contributed by atoms with Crippen molar-refractivity contribution in [3.63, 3.8) is 0 Å². The predicted molar refractivity (Wildman–Crippen MR) is 97.8 cm³/mol. The summed E-state index contributed by atoms with van der Waals surface area (Å²) in [5.74, 6) is -0.932. The van der Waals surface area contributed by atoms with Crippen LogP contribution < -0.4 is 10.6 Å². The first-order valence-corrected chi connectivity index (χ1v) is 8.06. The second kappa shape index (κ2) is 7.86. The van der Waals surface area contributed by atoms with Crippen molar-refractivity contribution in [2.45, 2.75) is 13.0 Å². The fraction of sp³-hybridized carbons (Fsp3) is 0.125. The second-order valence-corrected chi connectivity index (χ2v) is 6.24. The van der Waals surface area contributed by atoms with Crippen LogP contribution in [0.4, 0.5) is 11.4 Å². The molecule has 2 N–H and O–H groups in total. The van der Waals surface area contributed by atoms with E-state index in [2.05, 4.69) is 33.2 Å². The van der Waals surface area contributed by atoms with Gasteiger partial charge in [0.2, 0.25) is 5.91 Å². The number of carbonyl (C=O) groups is 2. The Morgan fingerprint density at radius 1 is 1.17 bits per heavy atom. The highest BCUT2D eigenvalue weighted by atomic mass is 127. The van der Waals surface area contributed by atoms with Crippen LogP contribution in [-0.4, -0.2) is 22.8 Å². The number of nitrogens with one attached hydrogen (secondary N) is 2. The summed E-state index contributed by atoms with van der Waals surface area (Å²) >= 11 is 2.16. The molecule has 2 amide bonds. The highest BCUT2D eigenvalue weighted by Gasteiger charge is 2.18. The summed E-state index contributed by atoms with van der Waals surface area (Å²) in [6.45, 7) is 1.54. The van der Waals surface area contributed by atoms with Crippen LogP contribution in [0, 0.1) is 13.7 Å². The number of hydrogen-bond acceptors (Lipinski definition) is 4. The molecule has 2 rings (SSSR count). The molecule has 1 atom stereocenters. The standard InChI is InChI=1S/C16H14IN3O4/c1-10(15(21)19-13-7-5-12(17)6-8-13)18-16(22)11-3-2-4-14(9-11)20(23)24/h2-10H,1H3,(H,18,22)(H,19,21). The van der Waals surface area contributed by atoms with Crippen molar-refractivity contribution < 1.29 is 14.5 Å². The van der Waals surface area contributed by atoms with Gasteiger partial charge in [0.1, 0.15) is 6.04 Å². The van der Waals surface area contributed by atoms with E-state index in [1.807, 2.05) is 12.1 Å². The molecule has 7 nitrogen and oxygen atoms in total. The smallest absolute Gasteiger partial charge is 0.270 e. The number of nitrogens with zero attached hydrogens (tertiary/aromatic N) is 1. The van der Waals surface area contributed by atoms with Crippen molar-refractivity contribution in [3.8, 4) is 0 Å². The van der Waals surface area contributed by atoms with Gasteiger partial charge in [0.05, 0.1) is 4.92 Å². The van der Waals surface area contributed by atoms with Gasteiger partial charge in [-0.05, 0) is 59.8 Å². The van der Waals surface area contributed by atoms with Gasteiger partial charge in [-0.2, -0.15) is 0 Å². The first-order valence-electron chi connectivity index (χ1n) is 6.98. The maximum Gasteiger partial charge on any atom is 0.270 e. The van der Waals surface area contributed by atoms with Gasteiger partial charge in [0, 0.05) is 27.0 Å². The Balaban J connectivity index is 2.00. The van der Waals surface area contributed by atoms with Gasteiger partial charge < -0.3 is 10.6 Å². The van der Waals surface area contributed by atoms with E-state index >= 15 is 0 Å². The third-order valence-electron chi connectivity index (χ3n) is 3.17. The number of nitro groups is 1. The fourth-order valence-electron chi connectivity index (χ4n) is 1.89. The maximum atomic E-state index is 12.1. The van der Waals surface area contributed by atoms with Crippen LogP contribution in [0.5, 0.6) is 0 Å². The molecule has 0 aliphatic carbocycles. The summed E-state index contributed by atoms with van der Waals surface area (Å²) in [4.78, 5) is 34.4. The lowest BCUT2D eigenvalue weighted by atomic mass is 10.1. The van der Waals surface area contributed by atoms with Crippen LogP contribution in [0.2, 0.25) is 0 Å². The summed E-state index contributed by atoms with van der Waals surface area (Å²) in [5, 5.41) is 16.0. The Labute approximate surface area is 151 Å². The molecule has 0 heterocycles. The van der Waals surface area contributed by atoms with E-state index in [1.165, 1.54) is 31.2 Å². The summed E-state index contributed by atoms with van der Waals surface area (Å²) in [5.41, 5.74) is 0.564. The average molecular weight is 439 g/mol. The van der Waals surface area contributed by atoms with E-state index in [-0.39, 0.29) is 17.2 Å². The number of amides is 2. The molecule has 0 aromatic heterocycles. The van der Waals surface area contributed by atoms with Crippen LogP contribution >= 0.6 is 22.6 Å². The second-order valence-electron chi connectivity index (χ2n) is 5.00. The minimum atomic E-state index is -0.795. The van der Waals surface area contributed by atoms with Crippen molar-refractivity contribution in [3.05, 3.63) is 67.8 Å². The summed E-state index contributed by atoms with van der Waals surface area (Å²) < 4.78 is 1.04. The zero-order valence-corrected chi connectivity index (χ0v) is 14.8. The number of halogens is 1. The van der Waals surface area contributed by atoms with Crippen LogP contribution in [0.1, 0.15) is 17.3 Å². The molecule has 8 heteroatoms. The molecule has 0 bridgehead atoms. The highest BCUT2D eigenvalue weighted by molar-refractivity contribution is 14.1. The van der Waals surface area contributed by atoms with Crippen LogP contribution in [-0.2, 0) is 4.79 Å². The van der Waals surface area contributed by atoms with E-state index in [9.17, 15) is 19.7 Å². The molecule has 0 fully saturated rings. The Morgan fingerprint density at radius 2 is 1.83 bits per heavy atom. The summed E-state index contributed by atoms with van der Waals surface area (Å²) in [7, 11) is 0. The van der Waals surface area contributed by atoms with Crippen molar-refractivity contribution in [1.29, 1.82) is 0 Å². The van der Waals surface area contributed by atoms with Gasteiger partial charge in [-0.15, -0.1) is 0 Å². The lowest BCUT2D eigenvalue weighted by Gasteiger charge is -2.14. The average Bonchev–Trinajstić information content (AvgIpc) is 2.56. The zero-order valence-electron chi connectivity index (χ0n) is 12.7. The Kier molecular flexibility index (Phi) is 5.85. The molecule has 24 heavy (non-hydrogen) atoms. The Hall–Kier alpha value is -2.49. The maximum absolute atomic E-state index is 12.1. The zero-order chi connectivity index (χ0) is 17.7. The Bertz CT molecular complexity index is 777. The molecular weight excluding hydrogens is 425 g/mol. The summed E-state index contributed by atoms with van der Waals surface area (Å²) in [6.07, 6.45) is 0.